The molecule has 2 aromatic rings. The van der Waals surface area contributed by atoms with E-state index in [1.807, 2.05) is 0 Å². The number of fused-ring (bicyclic) bond motifs is 3. The van der Waals surface area contributed by atoms with Crippen molar-refractivity contribution >= 4 is 76.8 Å². The molecule has 163 valence electrons. The Labute approximate surface area is 223 Å². The van der Waals surface area contributed by atoms with Gasteiger partial charge in [-0.25, -0.2) is 0 Å². The number of rotatable bonds is 2. The molecule has 6 heteroatoms. The van der Waals surface area contributed by atoms with Crippen molar-refractivity contribution in [3.8, 4) is 0 Å². The van der Waals surface area contributed by atoms with Crippen LogP contribution in [0.2, 0.25) is 13.1 Å². The van der Waals surface area contributed by atoms with Crippen LogP contribution in [0.1, 0.15) is 46.9 Å². The molecule has 0 fully saturated rings. The fraction of sp³-hybridized carbons (Fsp3) is 0.360. The quantitative estimate of drug-likeness (QED) is 0.414. The second kappa shape index (κ2) is 9.08. The minimum Gasteiger partial charge on any atom is -0.147 e. The molecule has 5 rings (SSSR count). The number of hydrogen-bond donors (Lipinski definition) is 0. The molecule has 0 spiro atoms. The molecule has 0 N–H and O–H groups in total. The largest absolute Gasteiger partial charge is 0.147 e. The standard InChI is InChI=1S/C25H27S2Si.2ClH.Zr/c1-12-8-13(2)17-10-14(3)21(18(17)9-12)22-15(4)26-19-11-20-24(23(19)22)25(28(6)7)16(5)27-20;;;/h8-10,19,21,28H,1-7H3;2*1H;. The number of halogens is 2. The van der Waals surface area contributed by atoms with E-state index >= 15 is 0 Å². The third-order valence-electron chi connectivity index (χ3n) is 6.70. The molecule has 0 radical (unpaired) electrons. The van der Waals surface area contributed by atoms with Crippen LogP contribution < -0.4 is 14.9 Å². The van der Waals surface area contributed by atoms with E-state index in [0.29, 0.717) is 11.2 Å². The van der Waals surface area contributed by atoms with Gasteiger partial charge in [-0.2, -0.15) is 0 Å². The van der Waals surface area contributed by atoms with Crippen LogP contribution in [0.25, 0.3) is 14.9 Å². The first-order valence-corrected chi connectivity index (χ1v) is 16.3. The van der Waals surface area contributed by atoms with Crippen molar-refractivity contribution < 1.29 is 24.7 Å². The summed E-state index contributed by atoms with van der Waals surface area (Å²) in [4.78, 5) is 3.14. The summed E-state index contributed by atoms with van der Waals surface area (Å²) < 4.78 is 3.32. The average molecular weight is 584 g/mol. The van der Waals surface area contributed by atoms with Crippen LogP contribution in [-0.2, 0) is 24.7 Å². The minimum atomic E-state index is -0.884. The second-order valence-corrected chi connectivity index (χ2v) is 15.9. The molecule has 3 aliphatic rings. The Bertz CT molecular complexity index is 1280. The maximum Gasteiger partial charge on any atom is -0.147 e. The van der Waals surface area contributed by atoms with Gasteiger partial charge in [-0.1, -0.05) is 0 Å². The van der Waals surface area contributed by atoms with E-state index in [2.05, 4.69) is 89.0 Å². The molecule has 0 saturated carbocycles. The van der Waals surface area contributed by atoms with Crippen molar-refractivity contribution in [2.24, 2.45) is 0 Å². The van der Waals surface area contributed by atoms with Gasteiger partial charge in [-0.05, 0) is 0 Å². The summed E-state index contributed by atoms with van der Waals surface area (Å²) in [5, 5.41) is 4.01. The van der Waals surface area contributed by atoms with Crippen molar-refractivity contribution in [1.29, 1.82) is 0 Å². The first-order valence-electron chi connectivity index (χ1n) is 10.5. The number of hydrogen-bond acceptors (Lipinski definition) is 2. The van der Waals surface area contributed by atoms with Crippen LogP contribution in [0, 0.1) is 20.8 Å². The molecule has 2 aliphatic carbocycles. The molecule has 1 aliphatic heterocycles. The third kappa shape index (κ3) is 3.72. The van der Waals surface area contributed by atoms with Crippen LogP contribution in [0.4, 0.5) is 0 Å². The van der Waals surface area contributed by atoms with Crippen LogP contribution in [0.5, 0.6) is 0 Å². The normalized spacial score (nSPS) is 21.1. The Balaban J connectivity index is 0.00000136. The average Bonchev–Trinajstić information content (AvgIpc) is 3.30. The van der Waals surface area contributed by atoms with Crippen molar-refractivity contribution in [1.82, 2.24) is 0 Å². The summed E-state index contributed by atoms with van der Waals surface area (Å²) in [6, 6.07) is 4.79. The van der Waals surface area contributed by atoms with Crippen molar-refractivity contribution in [2.45, 2.75) is 58.9 Å². The maximum absolute atomic E-state index is 2.51. The molecule has 1 aromatic carbocycles. The number of allylic oxidation sites excluding steroid dienone is 3. The zero-order valence-corrected chi connectivity index (χ0v) is 26.0. The first-order chi connectivity index (χ1) is 13.7. The zero-order chi connectivity index (χ0) is 20.8. The van der Waals surface area contributed by atoms with Crippen LogP contribution in [0.15, 0.2) is 28.2 Å². The van der Waals surface area contributed by atoms with E-state index in [1.54, 1.807) is 63.9 Å². The Kier molecular flexibility index (Phi) is 7.55. The van der Waals surface area contributed by atoms with E-state index < -0.39 is 8.80 Å². The third-order valence-corrected chi connectivity index (χ3v) is 13.5. The van der Waals surface area contributed by atoms with Crippen molar-refractivity contribution in [2.75, 3.05) is 0 Å². The Morgan fingerprint density at radius 3 is 2.29 bits per heavy atom. The first kappa shape index (κ1) is 25.8. The number of benzene rings is 1. The number of aryl methyl sites for hydroxylation is 3. The van der Waals surface area contributed by atoms with Gasteiger partial charge in [0.2, 0.25) is 0 Å². The number of thiophene rings is 1. The Morgan fingerprint density at radius 2 is 1.65 bits per heavy atom. The molecule has 1 aromatic heterocycles. The maximum atomic E-state index is 2.51. The van der Waals surface area contributed by atoms with Gasteiger partial charge in [0.25, 0.3) is 0 Å². The molecule has 0 nitrogen and oxygen atoms in total. The van der Waals surface area contributed by atoms with Crippen LogP contribution in [-0.4, -0.2) is 14.0 Å². The van der Waals surface area contributed by atoms with E-state index in [4.69, 9.17) is 0 Å². The Hall–Kier alpha value is 0.170. The smallest absolute Gasteiger partial charge is 0.147 e. The van der Waals surface area contributed by atoms with Gasteiger partial charge in [-0.15, -0.1) is 24.8 Å². The SMILES string of the molecule is CC1=Cc2c(C)cc(C)cc2C1C1=C(C)SC2[C]([Zr])=c3sc(C)c([SiH](C)C)c3=C12.Cl.Cl. The summed E-state index contributed by atoms with van der Waals surface area (Å²) in [5.41, 5.74) is 10.7. The number of thioether (sulfide) groups is 1. The summed E-state index contributed by atoms with van der Waals surface area (Å²) in [6.07, 6.45) is 2.46. The molecule has 2 heterocycles. The molecule has 0 bridgehead atoms. The van der Waals surface area contributed by atoms with Crippen molar-refractivity contribution in [3.05, 3.63) is 65.1 Å². The van der Waals surface area contributed by atoms with E-state index in [-0.39, 0.29) is 24.8 Å². The monoisotopic (exact) mass is 581 g/mol. The molecular formula is C25H29Cl2S2SiZr. The molecular weight excluding hydrogens is 555 g/mol. The van der Waals surface area contributed by atoms with Crippen LogP contribution in [0.3, 0.4) is 0 Å². The van der Waals surface area contributed by atoms with E-state index in [9.17, 15) is 0 Å². The second-order valence-electron chi connectivity index (χ2n) is 9.13. The van der Waals surface area contributed by atoms with Gasteiger partial charge in [0.15, 0.2) is 0 Å². The van der Waals surface area contributed by atoms with Gasteiger partial charge < -0.3 is 0 Å². The van der Waals surface area contributed by atoms with Gasteiger partial charge >= 0.3 is 201 Å². The predicted octanol–water partition coefficient (Wildman–Crippen LogP) is 5.62. The van der Waals surface area contributed by atoms with Gasteiger partial charge in [-0.3, -0.25) is 0 Å². The molecule has 31 heavy (non-hydrogen) atoms. The fourth-order valence-corrected chi connectivity index (χ4v) is 12.3. The summed E-state index contributed by atoms with van der Waals surface area (Å²) in [6.45, 7) is 16.6. The summed E-state index contributed by atoms with van der Waals surface area (Å²) in [7, 11) is -0.884. The summed E-state index contributed by atoms with van der Waals surface area (Å²) >= 11 is 5.82. The van der Waals surface area contributed by atoms with Crippen molar-refractivity contribution in [3.63, 3.8) is 0 Å². The Morgan fingerprint density at radius 1 is 0.968 bits per heavy atom. The fourth-order valence-electron chi connectivity index (χ4n) is 5.67. The molecule has 2 atom stereocenters. The summed E-state index contributed by atoms with van der Waals surface area (Å²) in [5.74, 6) is 0.438. The van der Waals surface area contributed by atoms with E-state index in [0.717, 1.165) is 0 Å². The molecule has 0 amide bonds. The minimum absolute atomic E-state index is 0. The molecule has 2 unspecified atom stereocenters. The molecule has 0 saturated heterocycles. The topological polar surface area (TPSA) is 0 Å². The predicted molar refractivity (Wildman–Crippen MR) is 145 cm³/mol. The van der Waals surface area contributed by atoms with Gasteiger partial charge in [0.05, 0.1) is 0 Å². The van der Waals surface area contributed by atoms with E-state index in [1.165, 1.54) is 27.8 Å². The zero-order valence-electron chi connectivity index (χ0n) is 19.1. The van der Waals surface area contributed by atoms with Gasteiger partial charge in [0.1, 0.15) is 0 Å². The van der Waals surface area contributed by atoms with Gasteiger partial charge in [0, 0.05) is 0 Å². The van der Waals surface area contributed by atoms with Crippen LogP contribution >= 0.6 is 47.9 Å².